The average molecular weight is 413 g/mol. The number of pyridine rings is 1. The number of halogens is 3. The van der Waals surface area contributed by atoms with Crippen LogP contribution in [0.15, 0.2) is 32.6 Å². The van der Waals surface area contributed by atoms with Crippen LogP contribution in [-0.4, -0.2) is 43.7 Å². The van der Waals surface area contributed by atoms with Crippen molar-refractivity contribution in [1.82, 2.24) is 4.98 Å². The van der Waals surface area contributed by atoms with Gasteiger partial charge in [-0.3, -0.25) is 0 Å². The number of guanidine groups is 1. The Morgan fingerprint density at radius 2 is 2.00 bits per heavy atom. The van der Waals surface area contributed by atoms with E-state index in [1.54, 1.807) is 12.1 Å². The van der Waals surface area contributed by atoms with Gasteiger partial charge in [-0.15, -0.1) is 16.2 Å². The third kappa shape index (κ3) is 10.7. The van der Waals surface area contributed by atoms with Gasteiger partial charge in [-0.05, 0) is 24.3 Å². The van der Waals surface area contributed by atoms with E-state index < -0.39 is 28.9 Å². The SMILES string of the molecule is NC(CCCSc1cccc(NC(N)=NCC(F)(F)F)n1)=NS(N)(=O)=O. The highest BCUT2D eigenvalue weighted by Gasteiger charge is 2.26. The highest BCUT2D eigenvalue weighted by atomic mass is 32.2. The molecule has 0 unspecified atom stereocenters. The van der Waals surface area contributed by atoms with Gasteiger partial charge in [-0.25, -0.2) is 15.1 Å². The molecule has 0 spiro atoms. The largest absolute Gasteiger partial charge is 0.408 e. The van der Waals surface area contributed by atoms with Crippen LogP contribution in [0.1, 0.15) is 12.8 Å². The summed E-state index contributed by atoms with van der Waals surface area (Å²) in [6.07, 6.45) is -3.69. The second kappa shape index (κ2) is 9.59. The molecule has 0 aliphatic rings. The first kappa shape index (κ1) is 22.0. The number of aromatic nitrogens is 1. The smallest absolute Gasteiger partial charge is 0.386 e. The Morgan fingerprint density at radius 3 is 2.62 bits per heavy atom. The minimum atomic E-state index is -4.44. The van der Waals surface area contributed by atoms with E-state index in [0.717, 1.165) is 0 Å². The lowest BCUT2D eigenvalue weighted by Gasteiger charge is -2.08. The van der Waals surface area contributed by atoms with Crippen LogP contribution < -0.4 is 21.9 Å². The maximum absolute atomic E-state index is 12.1. The number of rotatable bonds is 8. The minimum absolute atomic E-state index is 0.0925. The summed E-state index contributed by atoms with van der Waals surface area (Å²) < 4.78 is 60.8. The predicted molar refractivity (Wildman–Crippen MR) is 95.1 cm³/mol. The molecule has 0 saturated heterocycles. The molecule has 0 aromatic carbocycles. The van der Waals surface area contributed by atoms with Crippen LogP contribution in [0.3, 0.4) is 0 Å². The van der Waals surface area contributed by atoms with Crippen molar-refractivity contribution in [2.45, 2.75) is 24.0 Å². The number of aliphatic imine (C=N–C) groups is 1. The Bertz CT molecular complexity index is 766. The Hall–Kier alpha value is -2.06. The van der Waals surface area contributed by atoms with Crippen LogP contribution in [-0.2, 0) is 10.2 Å². The molecule has 0 radical (unpaired) electrons. The summed E-state index contributed by atoms with van der Waals surface area (Å²) in [5.41, 5.74) is 10.8. The van der Waals surface area contributed by atoms with Crippen LogP contribution in [0.4, 0.5) is 19.0 Å². The van der Waals surface area contributed by atoms with Crippen molar-refractivity contribution in [2.75, 3.05) is 17.6 Å². The molecule has 1 rings (SSSR count). The monoisotopic (exact) mass is 413 g/mol. The van der Waals surface area contributed by atoms with Crippen LogP contribution in [0.5, 0.6) is 0 Å². The normalized spacial score (nSPS) is 13.7. The van der Waals surface area contributed by atoms with Gasteiger partial charge in [0.15, 0.2) is 5.96 Å². The van der Waals surface area contributed by atoms with E-state index in [0.29, 0.717) is 17.2 Å². The quantitative estimate of drug-likeness (QED) is 0.212. The van der Waals surface area contributed by atoms with Gasteiger partial charge in [0.1, 0.15) is 18.2 Å². The van der Waals surface area contributed by atoms with Gasteiger partial charge >= 0.3 is 16.4 Å². The lowest BCUT2D eigenvalue weighted by molar-refractivity contribution is -0.118. The average Bonchev–Trinajstić information content (AvgIpc) is 2.48. The number of amidine groups is 1. The molecule has 0 aliphatic carbocycles. The molecule has 14 heteroatoms. The number of hydrogen-bond donors (Lipinski definition) is 4. The van der Waals surface area contributed by atoms with Gasteiger partial charge in [0.05, 0.1) is 5.03 Å². The third-order valence-corrected chi connectivity index (χ3v) is 3.98. The number of nitrogens with one attached hydrogen (secondary N) is 1. The molecule has 26 heavy (non-hydrogen) atoms. The molecule has 1 heterocycles. The van der Waals surface area contributed by atoms with E-state index in [9.17, 15) is 21.6 Å². The fourth-order valence-corrected chi connectivity index (χ4v) is 2.80. The van der Waals surface area contributed by atoms with Crippen LogP contribution in [0, 0.1) is 0 Å². The predicted octanol–water partition coefficient (Wildman–Crippen LogP) is 0.804. The van der Waals surface area contributed by atoms with Crippen LogP contribution in [0.25, 0.3) is 0 Å². The lowest BCUT2D eigenvalue weighted by Crippen LogP contribution is -2.26. The Labute approximate surface area is 152 Å². The van der Waals surface area contributed by atoms with Crippen molar-refractivity contribution in [3.63, 3.8) is 0 Å². The number of nitrogens with two attached hydrogens (primary N) is 3. The Morgan fingerprint density at radius 1 is 1.31 bits per heavy atom. The fraction of sp³-hybridized carbons (Fsp3) is 0.417. The number of hydrogen-bond acceptors (Lipinski definition) is 5. The summed E-state index contributed by atoms with van der Waals surface area (Å²) in [4.78, 5) is 7.34. The summed E-state index contributed by atoms with van der Waals surface area (Å²) in [5.74, 6) is 0.303. The van der Waals surface area contributed by atoms with Gasteiger partial charge in [-0.2, -0.15) is 21.6 Å². The highest BCUT2D eigenvalue weighted by Crippen LogP contribution is 2.19. The van der Waals surface area contributed by atoms with E-state index in [2.05, 4.69) is 19.7 Å². The van der Waals surface area contributed by atoms with Crippen molar-refractivity contribution in [3.05, 3.63) is 18.2 Å². The van der Waals surface area contributed by atoms with E-state index in [-0.39, 0.29) is 18.1 Å². The topological polar surface area (TPSA) is 162 Å². The summed E-state index contributed by atoms with van der Waals surface area (Å²) >= 11 is 1.34. The van der Waals surface area contributed by atoms with Crippen LogP contribution in [0.2, 0.25) is 0 Å². The van der Waals surface area contributed by atoms with Crippen molar-refractivity contribution >= 4 is 39.6 Å². The molecule has 9 nitrogen and oxygen atoms in total. The second-order valence-corrected chi connectivity index (χ2v) is 7.18. The molecule has 1 aromatic heterocycles. The number of nitrogens with zero attached hydrogens (tertiary/aromatic N) is 3. The standard InChI is InChI=1S/C12H18F3N7O2S2/c13-12(14,15)7-19-11(17)21-9-4-1-5-10(20-9)25-6-2-3-8(16)22-26(18,23)24/h1,4-5H,2-3,6-7H2,(H2,16,22)(H2,18,23,24)(H3,17,19,20,21). The Kier molecular flexibility index (Phi) is 8.10. The maximum Gasteiger partial charge on any atom is 0.408 e. The van der Waals surface area contributed by atoms with Crippen LogP contribution >= 0.6 is 11.8 Å². The zero-order chi connectivity index (χ0) is 19.8. The molecule has 1 aromatic rings. The fourth-order valence-electron chi connectivity index (χ4n) is 1.55. The van der Waals surface area contributed by atoms with Crippen molar-refractivity contribution in [2.24, 2.45) is 26.0 Å². The van der Waals surface area contributed by atoms with E-state index in [1.807, 2.05) is 0 Å². The number of anilines is 1. The molecule has 0 aliphatic heterocycles. The molecule has 0 atom stereocenters. The van der Waals surface area contributed by atoms with Gasteiger partial charge in [0.25, 0.3) is 0 Å². The first-order valence-electron chi connectivity index (χ1n) is 7.05. The molecule has 0 saturated carbocycles. The summed E-state index contributed by atoms with van der Waals surface area (Å²) in [6.45, 7) is -1.39. The van der Waals surface area contributed by atoms with Gasteiger partial charge < -0.3 is 16.8 Å². The first-order chi connectivity index (χ1) is 11.9. The van der Waals surface area contributed by atoms with Crippen molar-refractivity contribution in [3.8, 4) is 0 Å². The second-order valence-electron chi connectivity index (χ2n) is 4.85. The zero-order valence-electron chi connectivity index (χ0n) is 13.4. The molecule has 0 fully saturated rings. The van der Waals surface area contributed by atoms with Crippen molar-refractivity contribution < 1.29 is 21.6 Å². The minimum Gasteiger partial charge on any atom is -0.386 e. The summed E-state index contributed by atoms with van der Waals surface area (Å²) in [5, 5.41) is 7.79. The molecule has 146 valence electrons. The van der Waals surface area contributed by atoms with Gasteiger partial charge in [0.2, 0.25) is 0 Å². The molecular formula is C12H18F3N7O2S2. The maximum atomic E-state index is 12.1. The van der Waals surface area contributed by atoms with E-state index in [4.69, 9.17) is 16.6 Å². The number of alkyl halides is 3. The van der Waals surface area contributed by atoms with Gasteiger partial charge in [-0.1, -0.05) is 6.07 Å². The molecule has 7 N–H and O–H groups in total. The highest BCUT2D eigenvalue weighted by molar-refractivity contribution is 7.99. The third-order valence-electron chi connectivity index (χ3n) is 2.48. The summed E-state index contributed by atoms with van der Waals surface area (Å²) in [6, 6.07) is 4.86. The Balaban J connectivity index is 2.51. The lowest BCUT2D eigenvalue weighted by atomic mass is 10.3. The summed E-state index contributed by atoms with van der Waals surface area (Å²) in [7, 11) is -4.00. The first-order valence-corrected chi connectivity index (χ1v) is 9.54. The van der Waals surface area contributed by atoms with E-state index in [1.165, 1.54) is 17.8 Å². The molecule has 0 bridgehead atoms. The molecule has 0 amide bonds. The van der Waals surface area contributed by atoms with Crippen molar-refractivity contribution in [1.29, 1.82) is 0 Å². The van der Waals surface area contributed by atoms with Gasteiger partial charge in [0, 0.05) is 6.42 Å². The van der Waals surface area contributed by atoms with E-state index >= 15 is 0 Å². The zero-order valence-corrected chi connectivity index (χ0v) is 15.0. The number of thioether (sulfide) groups is 1. The molecular weight excluding hydrogens is 395 g/mol.